The molecule has 108 valence electrons. The van der Waals surface area contributed by atoms with E-state index in [4.69, 9.17) is 5.73 Å². The lowest BCUT2D eigenvalue weighted by Crippen LogP contribution is -2.18. The third-order valence-electron chi connectivity index (χ3n) is 3.57. The van der Waals surface area contributed by atoms with Gasteiger partial charge in [-0.1, -0.05) is 19.1 Å². The van der Waals surface area contributed by atoms with Gasteiger partial charge in [0.25, 0.3) is 0 Å². The van der Waals surface area contributed by atoms with Crippen molar-refractivity contribution in [1.29, 1.82) is 0 Å². The zero-order chi connectivity index (χ0) is 14.5. The van der Waals surface area contributed by atoms with Crippen molar-refractivity contribution in [3.05, 3.63) is 47.8 Å². The van der Waals surface area contributed by atoms with Crippen molar-refractivity contribution in [3.63, 3.8) is 0 Å². The fourth-order valence-corrected chi connectivity index (χ4v) is 2.16. The molecule has 0 saturated carbocycles. The van der Waals surface area contributed by atoms with Crippen molar-refractivity contribution in [2.24, 2.45) is 0 Å². The molecule has 0 saturated heterocycles. The van der Waals surface area contributed by atoms with E-state index in [1.54, 1.807) is 0 Å². The molecule has 2 rings (SSSR count). The Balaban J connectivity index is 1.92. The number of anilines is 1. The quantitative estimate of drug-likeness (QED) is 0.822. The molecule has 1 aromatic carbocycles. The van der Waals surface area contributed by atoms with E-state index in [1.807, 2.05) is 16.8 Å². The Morgan fingerprint density at radius 2 is 1.90 bits per heavy atom. The molecule has 1 aromatic heterocycles. The van der Waals surface area contributed by atoms with Crippen LogP contribution in [0.15, 0.2) is 36.5 Å². The zero-order valence-corrected chi connectivity index (χ0v) is 12.6. The predicted octanol–water partition coefficient (Wildman–Crippen LogP) is 3.07. The lowest BCUT2D eigenvalue weighted by Gasteiger charge is -2.15. The number of hydrogen-bond donors (Lipinski definition) is 1. The van der Waals surface area contributed by atoms with Gasteiger partial charge in [-0.3, -0.25) is 9.58 Å². The van der Waals surface area contributed by atoms with Gasteiger partial charge in [-0.2, -0.15) is 5.10 Å². The molecule has 0 aliphatic heterocycles. The molecule has 0 spiro atoms. The zero-order valence-electron chi connectivity index (χ0n) is 12.6. The van der Waals surface area contributed by atoms with Gasteiger partial charge in [0, 0.05) is 31.0 Å². The van der Waals surface area contributed by atoms with E-state index in [0.717, 1.165) is 30.9 Å². The Labute approximate surface area is 121 Å². The van der Waals surface area contributed by atoms with Crippen LogP contribution in [0, 0.1) is 0 Å². The highest BCUT2D eigenvalue weighted by Crippen LogP contribution is 2.12. The van der Waals surface area contributed by atoms with Gasteiger partial charge in [-0.05, 0) is 44.2 Å². The average Bonchev–Trinajstić information content (AvgIpc) is 2.89. The van der Waals surface area contributed by atoms with Gasteiger partial charge in [0.2, 0.25) is 0 Å². The largest absolute Gasteiger partial charge is 0.399 e. The first kappa shape index (κ1) is 14.6. The first-order valence-electron chi connectivity index (χ1n) is 7.15. The molecule has 2 aromatic rings. The van der Waals surface area contributed by atoms with Crippen LogP contribution >= 0.6 is 0 Å². The van der Waals surface area contributed by atoms with E-state index >= 15 is 0 Å². The Morgan fingerprint density at radius 1 is 1.20 bits per heavy atom. The van der Waals surface area contributed by atoms with Crippen molar-refractivity contribution in [2.75, 3.05) is 12.8 Å². The minimum atomic E-state index is 0.464. The molecule has 4 heteroatoms. The van der Waals surface area contributed by atoms with Gasteiger partial charge in [-0.25, -0.2) is 0 Å². The van der Waals surface area contributed by atoms with Crippen molar-refractivity contribution >= 4 is 5.69 Å². The Hall–Kier alpha value is -1.81. The number of aromatic nitrogens is 2. The van der Waals surface area contributed by atoms with Crippen LogP contribution in [-0.4, -0.2) is 21.7 Å². The molecular formula is C16H24N4. The minimum absolute atomic E-state index is 0.464. The molecule has 1 unspecified atom stereocenters. The van der Waals surface area contributed by atoms with E-state index in [2.05, 4.69) is 55.3 Å². The number of nitrogen functional groups attached to an aromatic ring is 1. The predicted molar refractivity (Wildman–Crippen MR) is 83.3 cm³/mol. The number of hydrogen-bond acceptors (Lipinski definition) is 3. The van der Waals surface area contributed by atoms with E-state index in [9.17, 15) is 0 Å². The van der Waals surface area contributed by atoms with Gasteiger partial charge < -0.3 is 5.73 Å². The molecular weight excluding hydrogens is 248 g/mol. The third-order valence-corrected chi connectivity index (χ3v) is 3.57. The second-order valence-corrected chi connectivity index (χ2v) is 5.46. The summed E-state index contributed by atoms with van der Waals surface area (Å²) in [5.74, 6) is 0. The van der Waals surface area contributed by atoms with Crippen molar-refractivity contribution in [2.45, 2.75) is 39.4 Å². The SMILES string of the molecule is CCC(C)n1ccc(CN(C)Cc2ccc(N)cc2)n1. The second kappa shape index (κ2) is 6.57. The van der Waals surface area contributed by atoms with Crippen LogP contribution in [0.2, 0.25) is 0 Å². The highest BCUT2D eigenvalue weighted by atomic mass is 15.3. The first-order chi connectivity index (χ1) is 9.58. The maximum absolute atomic E-state index is 5.70. The molecule has 0 aliphatic carbocycles. The first-order valence-corrected chi connectivity index (χ1v) is 7.15. The summed E-state index contributed by atoms with van der Waals surface area (Å²) in [6, 6.07) is 10.6. The van der Waals surface area contributed by atoms with Gasteiger partial charge in [0.05, 0.1) is 5.69 Å². The fourth-order valence-electron chi connectivity index (χ4n) is 2.16. The Kier molecular flexibility index (Phi) is 4.79. The van der Waals surface area contributed by atoms with E-state index < -0.39 is 0 Å². The molecule has 20 heavy (non-hydrogen) atoms. The summed E-state index contributed by atoms with van der Waals surface area (Å²) in [6.45, 7) is 6.12. The average molecular weight is 272 g/mol. The summed E-state index contributed by atoms with van der Waals surface area (Å²) in [7, 11) is 2.11. The third kappa shape index (κ3) is 3.84. The van der Waals surface area contributed by atoms with Crippen LogP contribution in [-0.2, 0) is 13.1 Å². The van der Waals surface area contributed by atoms with Gasteiger partial charge in [0.1, 0.15) is 0 Å². The normalized spacial score (nSPS) is 12.8. The maximum Gasteiger partial charge on any atom is 0.0764 e. The fraction of sp³-hybridized carbons (Fsp3) is 0.438. The van der Waals surface area contributed by atoms with Crippen LogP contribution in [0.5, 0.6) is 0 Å². The van der Waals surface area contributed by atoms with Crippen LogP contribution in [0.25, 0.3) is 0 Å². The van der Waals surface area contributed by atoms with Crippen molar-refractivity contribution in [3.8, 4) is 0 Å². The Morgan fingerprint density at radius 3 is 2.55 bits per heavy atom. The topological polar surface area (TPSA) is 47.1 Å². The summed E-state index contributed by atoms with van der Waals surface area (Å²) in [4.78, 5) is 2.26. The number of rotatable bonds is 6. The lowest BCUT2D eigenvalue weighted by molar-refractivity contribution is 0.312. The summed E-state index contributed by atoms with van der Waals surface area (Å²) in [5.41, 5.74) is 8.89. The maximum atomic E-state index is 5.70. The monoisotopic (exact) mass is 272 g/mol. The molecule has 2 N–H and O–H groups in total. The summed E-state index contributed by atoms with van der Waals surface area (Å²) < 4.78 is 2.05. The van der Waals surface area contributed by atoms with Gasteiger partial charge in [-0.15, -0.1) is 0 Å². The molecule has 1 heterocycles. The van der Waals surface area contributed by atoms with Crippen LogP contribution in [0.3, 0.4) is 0 Å². The molecule has 0 bridgehead atoms. The summed E-state index contributed by atoms with van der Waals surface area (Å²) in [5, 5.41) is 4.63. The molecule has 0 aliphatic rings. The number of nitrogens with zero attached hydrogens (tertiary/aromatic N) is 3. The van der Waals surface area contributed by atoms with Gasteiger partial charge in [0.15, 0.2) is 0 Å². The Bertz CT molecular complexity index is 530. The lowest BCUT2D eigenvalue weighted by atomic mass is 10.2. The van der Waals surface area contributed by atoms with E-state index in [0.29, 0.717) is 6.04 Å². The molecule has 0 amide bonds. The van der Waals surface area contributed by atoms with Crippen molar-refractivity contribution in [1.82, 2.24) is 14.7 Å². The standard InChI is InChI=1S/C16H24N4/c1-4-13(2)20-10-9-16(18-20)12-19(3)11-14-5-7-15(17)8-6-14/h5-10,13H,4,11-12,17H2,1-3H3. The van der Waals surface area contributed by atoms with Crippen LogP contribution in [0.4, 0.5) is 5.69 Å². The molecule has 0 radical (unpaired) electrons. The molecule has 1 atom stereocenters. The van der Waals surface area contributed by atoms with Crippen LogP contribution in [0.1, 0.15) is 37.6 Å². The van der Waals surface area contributed by atoms with E-state index in [-0.39, 0.29) is 0 Å². The van der Waals surface area contributed by atoms with Crippen LogP contribution < -0.4 is 5.73 Å². The highest BCUT2D eigenvalue weighted by Gasteiger charge is 2.07. The number of nitrogens with two attached hydrogens (primary N) is 1. The van der Waals surface area contributed by atoms with Crippen molar-refractivity contribution < 1.29 is 0 Å². The smallest absolute Gasteiger partial charge is 0.0764 e. The van der Waals surface area contributed by atoms with E-state index in [1.165, 1.54) is 5.56 Å². The van der Waals surface area contributed by atoms with Gasteiger partial charge >= 0.3 is 0 Å². The second-order valence-electron chi connectivity index (χ2n) is 5.46. The summed E-state index contributed by atoms with van der Waals surface area (Å²) in [6.07, 6.45) is 3.17. The minimum Gasteiger partial charge on any atom is -0.399 e. The highest BCUT2D eigenvalue weighted by molar-refractivity contribution is 5.39. The molecule has 0 fully saturated rings. The number of benzene rings is 1. The molecule has 4 nitrogen and oxygen atoms in total. The summed E-state index contributed by atoms with van der Waals surface area (Å²) >= 11 is 0.